The number of hydrazine groups is 1. The quantitative estimate of drug-likeness (QED) is 0.650. The molecule has 1 aliphatic carbocycles. The molecule has 0 radical (unpaired) electrons. The van der Waals surface area contributed by atoms with Crippen molar-refractivity contribution in [1.82, 2.24) is 10.4 Å². The number of fused-ring (bicyclic) bond motifs is 1. The third kappa shape index (κ3) is 2.01. The zero-order valence-electron chi connectivity index (χ0n) is 10.8. The maximum atomic E-state index is 12.2. The minimum atomic E-state index is -0.445. The number of nitrogens with zero attached hydrogens (tertiary/aromatic N) is 1. The average molecular weight is 270 g/mol. The number of hydrogen-bond acceptors (Lipinski definition) is 3. The highest BCUT2D eigenvalue weighted by Gasteiger charge is 2.48. The van der Waals surface area contributed by atoms with Crippen LogP contribution in [0.2, 0.25) is 0 Å². The van der Waals surface area contributed by atoms with Crippen molar-refractivity contribution in [2.75, 3.05) is 0 Å². The predicted molar refractivity (Wildman–Crippen MR) is 71.1 cm³/mol. The summed E-state index contributed by atoms with van der Waals surface area (Å²) in [6.45, 7) is 0. The van der Waals surface area contributed by atoms with Crippen molar-refractivity contribution in [2.45, 2.75) is 12.8 Å². The Morgan fingerprint density at radius 3 is 2.10 bits per heavy atom. The van der Waals surface area contributed by atoms with Crippen molar-refractivity contribution in [2.24, 2.45) is 11.8 Å². The van der Waals surface area contributed by atoms with Crippen molar-refractivity contribution in [3.63, 3.8) is 0 Å². The highest BCUT2D eigenvalue weighted by atomic mass is 16.2. The number of allylic oxidation sites excluding steroid dienone is 2. The topological polar surface area (TPSA) is 66.5 Å². The largest absolute Gasteiger partial charge is 0.272 e. The van der Waals surface area contributed by atoms with E-state index in [1.165, 1.54) is 0 Å². The van der Waals surface area contributed by atoms with E-state index >= 15 is 0 Å². The van der Waals surface area contributed by atoms with E-state index < -0.39 is 5.91 Å². The van der Waals surface area contributed by atoms with Gasteiger partial charge < -0.3 is 0 Å². The number of carbonyl (C=O) groups excluding carboxylic acids is 3. The number of imide groups is 1. The van der Waals surface area contributed by atoms with Crippen LogP contribution in [0.25, 0.3) is 0 Å². The second-order valence-electron chi connectivity index (χ2n) is 4.97. The molecule has 0 aromatic heterocycles. The van der Waals surface area contributed by atoms with Gasteiger partial charge in [-0.3, -0.25) is 19.8 Å². The molecule has 1 aliphatic heterocycles. The van der Waals surface area contributed by atoms with E-state index in [4.69, 9.17) is 0 Å². The van der Waals surface area contributed by atoms with Crippen LogP contribution in [0.5, 0.6) is 0 Å². The lowest BCUT2D eigenvalue weighted by atomic mass is 9.85. The van der Waals surface area contributed by atoms with Gasteiger partial charge >= 0.3 is 0 Å². The molecular formula is C15H14N2O3. The first-order chi connectivity index (χ1) is 9.68. The van der Waals surface area contributed by atoms with Crippen LogP contribution in [-0.2, 0) is 9.59 Å². The van der Waals surface area contributed by atoms with Gasteiger partial charge in [-0.15, -0.1) is 0 Å². The minimum Gasteiger partial charge on any atom is -0.272 e. The molecule has 3 amide bonds. The summed E-state index contributed by atoms with van der Waals surface area (Å²) in [5, 5.41) is 0.887. The van der Waals surface area contributed by atoms with Gasteiger partial charge in [-0.1, -0.05) is 30.4 Å². The Kier molecular flexibility index (Phi) is 3.10. The second-order valence-corrected chi connectivity index (χ2v) is 4.97. The van der Waals surface area contributed by atoms with Crippen LogP contribution in [0.3, 0.4) is 0 Å². The molecule has 1 aromatic rings. The molecule has 1 saturated heterocycles. The lowest BCUT2D eigenvalue weighted by Crippen LogP contribution is -2.46. The molecule has 1 fully saturated rings. The van der Waals surface area contributed by atoms with E-state index in [1.54, 1.807) is 30.3 Å². The Labute approximate surface area is 116 Å². The molecule has 0 spiro atoms. The third-order valence-electron chi connectivity index (χ3n) is 3.76. The Hall–Kier alpha value is -2.43. The fourth-order valence-corrected chi connectivity index (χ4v) is 2.67. The fraction of sp³-hybridized carbons (Fsp3) is 0.267. The molecule has 2 atom stereocenters. The van der Waals surface area contributed by atoms with Gasteiger partial charge in [0, 0.05) is 5.56 Å². The minimum absolute atomic E-state index is 0.311. The van der Waals surface area contributed by atoms with Crippen molar-refractivity contribution in [3.05, 3.63) is 48.0 Å². The zero-order valence-corrected chi connectivity index (χ0v) is 10.8. The van der Waals surface area contributed by atoms with Gasteiger partial charge in [0.1, 0.15) is 0 Å². The van der Waals surface area contributed by atoms with Gasteiger partial charge in [-0.2, -0.15) is 5.01 Å². The molecule has 0 saturated carbocycles. The van der Waals surface area contributed by atoms with Crippen molar-refractivity contribution < 1.29 is 14.4 Å². The maximum Gasteiger partial charge on any atom is 0.270 e. The lowest BCUT2D eigenvalue weighted by Gasteiger charge is -2.15. The predicted octanol–water partition coefficient (Wildman–Crippen LogP) is 1.28. The Balaban J connectivity index is 1.77. The first kappa shape index (κ1) is 12.6. The fourth-order valence-electron chi connectivity index (χ4n) is 2.67. The first-order valence-electron chi connectivity index (χ1n) is 6.57. The van der Waals surface area contributed by atoms with E-state index in [9.17, 15) is 14.4 Å². The van der Waals surface area contributed by atoms with Gasteiger partial charge in [0.05, 0.1) is 11.8 Å². The summed E-state index contributed by atoms with van der Waals surface area (Å²) in [5.74, 6) is -1.73. The average Bonchev–Trinajstić information content (AvgIpc) is 2.74. The maximum absolute atomic E-state index is 12.2. The number of benzene rings is 1. The highest BCUT2D eigenvalue weighted by molar-refractivity contribution is 6.07. The van der Waals surface area contributed by atoms with Crippen LogP contribution in [0.4, 0.5) is 0 Å². The van der Waals surface area contributed by atoms with E-state index in [-0.39, 0.29) is 23.7 Å². The standard InChI is InChI=1S/C15H14N2O3/c18-13(10-6-2-1-3-7-10)16-17-14(19)11-8-4-5-9-12(11)15(17)20/h1-7,11-12H,8-9H2,(H,16,18)/t11-,12+. The van der Waals surface area contributed by atoms with Crippen molar-refractivity contribution >= 4 is 17.7 Å². The van der Waals surface area contributed by atoms with Crippen LogP contribution < -0.4 is 5.43 Å². The molecule has 1 N–H and O–H groups in total. The molecule has 102 valence electrons. The molecule has 5 nitrogen and oxygen atoms in total. The zero-order chi connectivity index (χ0) is 14.1. The third-order valence-corrected chi connectivity index (χ3v) is 3.76. The second kappa shape index (κ2) is 4.92. The van der Waals surface area contributed by atoms with E-state index in [2.05, 4.69) is 5.43 Å². The summed E-state index contributed by atoms with van der Waals surface area (Å²) in [4.78, 5) is 36.4. The number of nitrogens with one attached hydrogen (secondary N) is 1. The Morgan fingerprint density at radius 1 is 1.00 bits per heavy atom. The number of amides is 3. The van der Waals surface area contributed by atoms with E-state index in [0.29, 0.717) is 18.4 Å². The molecule has 5 heteroatoms. The molecule has 1 aromatic carbocycles. The molecule has 2 aliphatic rings. The molecular weight excluding hydrogens is 256 g/mol. The summed E-state index contributed by atoms with van der Waals surface area (Å²) < 4.78 is 0. The molecule has 0 bridgehead atoms. The monoisotopic (exact) mass is 270 g/mol. The molecule has 20 heavy (non-hydrogen) atoms. The van der Waals surface area contributed by atoms with Gasteiger partial charge in [-0.25, -0.2) is 0 Å². The highest BCUT2D eigenvalue weighted by Crippen LogP contribution is 2.34. The number of carbonyl (C=O) groups is 3. The van der Waals surface area contributed by atoms with Gasteiger partial charge in [0.25, 0.3) is 17.7 Å². The summed E-state index contributed by atoms with van der Waals surface area (Å²) in [5.41, 5.74) is 2.84. The number of rotatable bonds is 2. The van der Waals surface area contributed by atoms with Crippen molar-refractivity contribution in [1.29, 1.82) is 0 Å². The summed E-state index contributed by atoms with van der Waals surface area (Å²) in [7, 11) is 0. The molecule has 0 unspecified atom stereocenters. The summed E-state index contributed by atoms with van der Waals surface area (Å²) in [6, 6.07) is 8.52. The van der Waals surface area contributed by atoms with Crippen LogP contribution in [-0.4, -0.2) is 22.7 Å². The van der Waals surface area contributed by atoms with Crippen molar-refractivity contribution in [3.8, 4) is 0 Å². The number of hydrogen-bond donors (Lipinski definition) is 1. The first-order valence-corrected chi connectivity index (χ1v) is 6.57. The van der Waals surface area contributed by atoms with Gasteiger partial charge in [-0.05, 0) is 25.0 Å². The Bertz CT molecular complexity index is 568. The smallest absolute Gasteiger partial charge is 0.270 e. The summed E-state index contributed by atoms with van der Waals surface area (Å²) >= 11 is 0. The van der Waals surface area contributed by atoms with Crippen LogP contribution in [0.1, 0.15) is 23.2 Å². The normalized spacial score (nSPS) is 24.7. The SMILES string of the molecule is O=C(NN1C(=O)[C@H]2CC=CC[C@H]2C1=O)c1ccccc1. The molecule has 3 rings (SSSR count). The van der Waals surface area contributed by atoms with E-state index in [0.717, 1.165) is 5.01 Å². The van der Waals surface area contributed by atoms with Crippen LogP contribution >= 0.6 is 0 Å². The molecule has 1 heterocycles. The van der Waals surface area contributed by atoms with Crippen LogP contribution in [0.15, 0.2) is 42.5 Å². The van der Waals surface area contributed by atoms with Crippen LogP contribution in [0, 0.1) is 11.8 Å². The lowest BCUT2D eigenvalue weighted by molar-refractivity contribution is -0.142. The Morgan fingerprint density at radius 2 is 1.55 bits per heavy atom. The van der Waals surface area contributed by atoms with Gasteiger partial charge in [0.2, 0.25) is 0 Å². The summed E-state index contributed by atoms with van der Waals surface area (Å²) in [6.07, 6.45) is 4.95. The van der Waals surface area contributed by atoms with E-state index in [1.807, 2.05) is 12.2 Å². The van der Waals surface area contributed by atoms with Gasteiger partial charge in [0.15, 0.2) is 0 Å².